The number of rotatable bonds is 4. The monoisotopic (exact) mass is 420 g/mol. The lowest BCUT2D eigenvalue weighted by Gasteiger charge is -2.56. The molecule has 7 nitrogen and oxygen atoms in total. The minimum Gasteiger partial charge on any atom is -0.497 e. The highest BCUT2D eigenvalue weighted by molar-refractivity contribution is 5.93. The van der Waals surface area contributed by atoms with Crippen molar-refractivity contribution < 1.29 is 14.3 Å². The summed E-state index contributed by atoms with van der Waals surface area (Å²) in [6.45, 7) is 1.36. The van der Waals surface area contributed by atoms with Crippen molar-refractivity contribution in [1.29, 1.82) is 0 Å². The van der Waals surface area contributed by atoms with E-state index < -0.39 is 0 Å². The minimum absolute atomic E-state index is 0.00832. The second-order valence-corrected chi connectivity index (χ2v) is 8.98. The number of benzene rings is 1. The highest BCUT2D eigenvalue weighted by Gasteiger charge is 2.50. The predicted molar refractivity (Wildman–Crippen MR) is 115 cm³/mol. The van der Waals surface area contributed by atoms with Gasteiger partial charge in [0.15, 0.2) is 0 Å². The molecule has 3 fully saturated rings. The van der Waals surface area contributed by atoms with Crippen molar-refractivity contribution in [3.8, 4) is 5.75 Å². The molecule has 0 unspecified atom stereocenters. The first-order valence-corrected chi connectivity index (χ1v) is 11.1. The van der Waals surface area contributed by atoms with Crippen molar-refractivity contribution >= 4 is 11.8 Å². The van der Waals surface area contributed by atoms with Crippen LogP contribution in [0.25, 0.3) is 0 Å². The van der Waals surface area contributed by atoms with Crippen molar-refractivity contribution in [2.24, 2.45) is 11.8 Å². The summed E-state index contributed by atoms with van der Waals surface area (Å²) in [4.78, 5) is 38.4. The summed E-state index contributed by atoms with van der Waals surface area (Å²) in [6, 6.07) is 8.42. The van der Waals surface area contributed by atoms with E-state index >= 15 is 0 Å². The number of piperidine rings is 3. The number of ether oxygens (including phenoxy) is 1. The summed E-state index contributed by atoms with van der Waals surface area (Å²) < 4.78 is 5.41. The molecule has 162 valence electrons. The average Bonchev–Trinajstić information content (AvgIpc) is 2.82. The number of likely N-dealkylation sites (tertiary alicyclic amines) is 1. The lowest BCUT2D eigenvalue weighted by molar-refractivity contribution is -0.151. The van der Waals surface area contributed by atoms with Crippen LogP contribution < -0.4 is 4.74 Å². The molecule has 31 heavy (non-hydrogen) atoms. The first-order valence-electron chi connectivity index (χ1n) is 11.1. The van der Waals surface area contributed by atoms with Crippen LogP contribution >= 0.6 is 0 Å². The van der Waals surface area contributed by atoms with Gasteiger partial charge in [0.25, 0.3) is 5.91 Å². The Hall–Kier alpha value is -2.96. The molecule has 1 aromatic carbocycles. The smallest absolute Gasteiger partial charge is 0.257 e. The number of hydrogen-bond acceptors (Lipinski definition) is 5. The molecule has 0 saturated carbocycles. The van der Waals surface area contributed by atoms with Gasteiger partial charge in [-0.05, 0) is 55.2 Å². The van der Waals surface area contributed by atoms with Crippen LogP contribution in [0.4, 0.5) is 0 Å². The number of hydrogen-bond donors (Lipinski definition) is 0. The van der Waals surface area contributed by atoms with Gasteiger partial charge in [-0.15, -0.1) is 0 Å². The lowest BCUT2D eigenvalue weighted by atomic mass is 9.70. The Morgan fingerprint density at radius 1 is 1.19 bits per heavy atom. The van der Waals surface area contributed by atoms with Crippen LogP contribution in [-0.2, 0) is 11.2 Å². The molecule has 0 aliphatic carbocycles. The van der Waals surface area contributed by atoms with Gasteiger partial charge in [-0.25, -0.2) is 9.97 Å². The predicted octanol–water partition coefficient (Wildman–Crippen LogP) is 2.57. The van der Waals surface area contributed by atoms with Crippen molar-refractivity contribution in [2.75, 3.05) is 20.2 Å². The zero-order chi connectivity index (χ0) is 21.4. The maximum absolute atomic E-state index is 13.2. The maximum Gasteiger partial charge on any atom is 0.257 e. The van der Waals surface area contributed by atoms with Gasteiger partial charge >= 0.3 is 0 Å². The van der Waals surface area contributed by atoms with Gasteiger partial charge in [-0.2, -0.15) is 0 Å². The SMILES string of the molecule is COc1cccc(C[C@H]2[C@H]3C[C@H](CN(C(=O)c4cncnc4)C3)[C@@H]3CCCC(=O)N32)c1. The zero-order valence-corrected chi connectivity index (χ0v) is 17.8. The highest BCUT2D eigenvalue weighted by atomic mass is 16.5. The largest absolute Gasteiger partial charge is 0.497 e. The fraction of sp³-hybridized carbons (Fsp3) is 0.500. The summed E-state index contributed by atoms with van der Waals surface area (Å²) in [7, 11) is 1.67. The molecule has 1 aromatic heterocycles. The van der Waals surface area contributed by atoms with Crippen molar-refractivity contribution in [2.45, 2.75) is 44.2 Å². The average molecular weight is 421 g/mol. The third-order valence-corrected chi connectivity index (χ3v) is 7.17. The highest BCUT2D eigenvalue weighted by Crippen LogP contribution is 2.43. The van der Waals surface area contributed by atoms with E-state index in [0.29, 0.717) is 31.0 Å². The number of carbonyl (C=O) groups is 2. The molecule has 3 aliphatic rings. The molecular formula is C24H28N4O3. The van der Waals surface area contributed by atoms with Crippen molar-refractivity contribution in [3.05, 3.63) is 54.1 Å². The van der Waals surface area contributed by atoms with Crippen LogP contribution in [0, 0.1) is 11.8 Å². The molecule has 7 heteroatoms. The lowest BCUT2D eigenvalue weighted by Crippen LogP contribution is -2.66. The van der Waals surface area contributed by atoms with E-state index in [9.17, 15) is 9.59 Å². The molecule has 0 radical (unpaired) electrons. The van der Waals surface area contributed by atoms with E-state index in [1.54, 1.807) is 19.5 Å². The Labute approximate surface area is 182 Å². The summed E-state index contributed by atoms with van der Waals surface area (Å²) in [5.41, 5.74) is 1.70. The Morgan fingerprint density at radius 3 is 2.81 bits per heavy atom. The van der Waals surface area contributed by atoms with E-state index in [1.807, 2.05) is 17.0 Å². The summed E-state index contributed by atoms with van der Waals surface area (Å²) >= 11 is 0. The van der Waals surface area contributed by atoms with Gasteiger partial charge in [0.05, 0.1) is 12.7 Å². The van der Waals surface area contributed by atoms with Gasteiger partial charge in [0.2, 0.25) is 5.91 Å². The minimum atomic E-state index is -0.00832. The Bertz CT molecular complexity index is 966. The van der Waals surface area contributed by atoms with Gasteiger partial charge < -0.3 is 14.5 Å². The second-order valence-electron chi connectivity index (χ2n) is 8.98. The normalized spacial score (nSPS) is 27.6. The Morgan fingerprint density at radius 2 is 2.00 bits per heavy atom. The van der Waals surface area contributed by atoms with Crippen LogP contribution in [-0.4, -0.2) is 63.9 Å². The fourth-order valence-corrected chi connectivity index (χ4v) is 5.84. The number of methoxy groups -OCH3 is 1. The molecular weight excluding hydrogens is 392 g/mol. The first kappa shape index (κ1) is 20.0. The molecule has 0 N–H and O–H groups in total. The van der Waals surface area contributed by atoms with Gasteiger partial charge in [-0.3, -0.25) is 9.59 Å². The quantitative estimate of drug-likeness (QED) is 0.760. The third-order valence-electron chi connectivity index (χ3n) is 7.17. The maximum atomic E-state index is 13.2. The number of nitrogens with zero attached hydrogens (tertiary/aromatic N) is 4. The second kappa shape index (κ2) is 8.29. The first-order chi connectivity index (χ1) is 15.1. The van der Waals surface area contributed by atoms with Crippen LogP contribution in [0.3, 0.4) is 0 Å². The molecule has 5 rings (SSSR count). The van der Waals surface area contributed by atoms with Gasteiger partial charge in [0, 0.05) is 44.0 Å². The van der Waals surface area contributed by atoms with E-state index in [4.69, 9.17) is 4.74 Å². The fourth-order valence-electron chi connectivity index (χ4n) is 5.84. The molecule has 2 bridgehead atoms. The number of carbonyl (C=O) groups excluding carboxylic acids is 2. The van der Waals surface area contributed by atoms with E-state index in [2.05, 4.69) is 27.0 Å². The van der Waals surface area contributed by atoms with E-state index in [-0.39, 0.29) is 29.8 Å². The summed E-state index contributed by atoms with van der Waals surface area (Å²) in [5, 5.41) is 0. The van der Waals surface area contributed by atoms with Crippen LogP contribution in [0.2, 0.25) is 0 Å². The summed E-state index contributed by atoms with van der Waals surface area (Å²) in [6.07, 6.45) is 9.06. The van der Waals surface area contributed by atoms with E-state index in [0.717, 1.165) is 31.4 Å². The topological polar surface area (TPSA) is 75.6 Å². The number of fused-ring (bicyclic) bond motifs is 4. The summed E-state index contributed by atoms with van der Waals surface area (Å²) in [5.74, 6) is 1.69. The van der Waals surface area contributed by atoms with Crippen LogP contribution in [0.15, 0.2) is 43.0 Å². The van der Waals surface area contributed by atoms with Gasteiger partial charge in [0.1, 0.15) is 12.1 Å². The molecule has 2 amide bonds. The Balaban J connectivity index is 1.44. The molecule has 4 atom stereocenters. The molecule has 2 aromatic rings. The van der Waals surface area contributed by atoms with Gasteiger partial charge in [-0.1, -0.05) is 12.1 Å². The molecule has 0 spiro atoms. The number of aromatic nitrogens is 2. The van der Waals surface area contributed by atoms with Crippen LogP contribution in [0.1, 0.15) is 41.6 Å². The Kier molecular flexibility index (Phi) is 5.34. The third kappa shape index (κ3) is 3.77. The van der Waals surface area contributed by atoms with E-state index in [1.165, 1.54) is 11.9 Å². The van der Waals surface area contributed by atoms with Crippen molar-refractivity contribution in [1.82, 2.24) is 19.8 Å². The molecule has 4 heterocycles. The zero-order valence-electron chi connectivity index (χ0n) is 17.8. The molecule has 3 aliphatic heterocycles. The van der Waals surface area contributed by atoms with Crippen LogP contribution in [0.5, 0.6) is 5.75 Å². The number of amides is 2. The van der Waals surface area contributed by atoms with Crippen molar-refractivity contribution in [3.63, 3.8) is 0 Å². The standard InChI is InChI=1S/C24H28N4O3/c1-31-20-5-2-4-16(8-20)9-22-18-10-17(21-6-3-7-23(29)28(21)22)13-27(14-18)24(30)19-11-25-15-26-12-19/h2,4-5,8,11-12,15,17-18,21-22H,3,6-7,9-10,13-14H2,1H3/t17-,18+,21+,22+/m1/s1. The molecule has 3 saturated heterocycles.